The minimum atomic E-state index is 0.612. The van der Waals surface area contributed by atoms with Gasteiger partial charge in [-0.05, 0) is 47.8 Å². The molecular weight excluding hydrogens is 266 g/mol. The minimum absolute atomic E-state index is 0.612. The van der Waals surface area contributed by atoms with E-state index in [1.807, 2.05) is 11.3 Å². The predicted molar refractivity (Wildman–Crippen MR) is 80.5 cm³/mol. The van der Waals surface area contributed by atoms with Crippen LogP contribution in [0.15, 0.2) is 15.7 Å². The van der Waals surface area contributed by atoms with Crippen LogP contribution in [-0.4, -0.2) is 22.8 Å². The third-order valence-corrected chi connectivity index (χ3v) is 6.96. The Labute approximate surface area is 116 Å². The smallest absolute Gasteiger partial charge is 0.0649 e. The molecule has 1 aromatic rings. The fraction of sp³-hybridized carbons (Fsp3) is 0.692. The number of hydrogen-bond acceptors (Lipinski definition) is 4. The lowest BCUT2D eigenvalue weighted by Crippen LogP contribution is -2.37. The molecule has 0 aliphatic carbocycles. The van der Waals surface area contributed by atoms with E-state index in [1.165, 1.54) is 30.8 Å². The average molecular weight is 286 g/mol. The molecule has 3 rings (SSSR count). The van der Waals surface area contributed by atoms with Crippen molar-refractivity contribution in [1.29, 1.82) is 0 Å². The molecule has 1 saturated heterocycles. The third-order valence-electron chi connectivity index (χ3n) is 3.57. The van der Waals surface area contributed by atoms with Gasteiger partial charge >= 0.3 is 0 Å². The second-order valence-electron chi connectivity index (χ2n) is 4.93. The first-order chi connectivity index (χ1) is 8.33. The molecule has 94 valence electrons. The van der Waals surface area contributed by atoms with Crippen molar-refractivity contribution in [3.63, 3.8) is 0 Å². The van der Waals surface area contributed by atoms with E-state index in [0.717, 1.165) is 11.3 Å². The van der Waals surface area contributed by atoms with Crippen LogP contribution >= 0.6 is 34.9 Å². The zero-order chi connectivity index (χ0) is 11.7. The Kier molecular flexibility index (Phi) is 4.05. The molecule has 4 heteroatoms. The van der Waals surface area contributed by atoms with E-state index in [2.05, 4.69) is 47.2 Å². The normalized spacial score (nSPS) is 30.2. The summed E-state index contributed by atoms with van der Waals surface area (Å²) in [6.45, 7) is 2.36. The van der Waals surface area contributed by atoms with Gasteiger partial charge in [0.25, 0.3) is 0 Å². The molecule has 0 amide bonds. The molecule has 1 aromatic heterocycles. The van der Waals surface area contributed by atoms with Crippen LogP contribution in [0.25, 0.3) is 0 Å². The first-order valence-electron chi connectivity index (χ1n) is 6.41. The molecule has 2 aliphatic heterocycles. The zero-order valence-electron chi connectivity index (χ0n) is 10.1. The standard InChI is InChI=1S/C13H19NS3/c1-9-8-12(11-4-7-16-13(11)17-9)14-10-2-5-15-6-3-10/h4,7,9-10,12,14H,2-3,5-6,8H2,1H3/t9-,12?/m0/s1. The fourth-order valence-electron chi connectivity index (χ4n) is 2.66. The Bertz CT molecular complexity index is 370. The van der Waals surface area contributed by atoms with Crippen LogP contribution < -0.4 is 5.32 Å². The van der Waals surface area contributed by atoms with Crippen LogP contribution in [0.5, 0.6) is 0 Å². The zero-order valence-corrected chi connectivity index (χ0v) is 12.6. The van der Waals surface area contributed by atoms with Gasteiger partial charge in [0.2, 0.25) is 0 Å². The molecule has 0 radical (unpaired) electrons. The Morgan fingerprint density at radius 3 is 2.94 bits per heavy atom. The molecule has 0 aromatic carbocycles. The number of fused-ring (bicyclic) bond motifs is 1. The minimum Gasteiger partial charge on any atom is -0.307 e. The Balaban J connectivity index is 1.70. The first kappa shape index (κ1) is 12.4. The summed E-state index contributed by atoms with van der Waals surface area (Å²) in [5.41, 5.74) is 1.57. The van der Waals surface area contributed by atoms with Crippen molar-refractivity contribution >= 4 is 34.9 Å². The van der Waals surface area contributed by atoms with Gasteiger partial charge in [-0.2, -0.15) is 11.8 Å². The van der Waals surface area contributed by atoms with Crippen molar-refractivity contribution in [1.82, 2.24) is 5.32 Å². The molecule has 2 aliphatic rings. The van der Waals surface area contributed by atoms with Crippen LogP contribution in [0.3, 0.4) is 0 Å². The lowest BCUT2D eigenvalue weighted by molar-refractivity contribution is 0.392. The van der Waals surface area contributed by atoms with Crippen molar-refractivity contribution in [2.24, 2.45) is 0 Å². The lowest BCUT2D eigenvalue weighted by atomic mass is 10.0. The summed E-state index contributed by atoms with van der Waals surface area (Å²) >= 11 is 6.08. The topological polar surface area (TPSA) is 12.0 Å². The van der Waals surface area contributed by atoms with Gasteiger partial charge in [0.15, 0.2) is 0 Å². The molecule has 17 heavy (non-hydrogen) atoms. The van der Waals surface area contributed by atoms with Crippen LogP contribution in [-0.2, 0) is 0 Å². The summed E-state index contributed by atoms with van der Waals surface area (Å²) in [5.74, 6) is 2.68. The molecule has 1 N–H and O–H groups in total. The highest BCUT2D eigenvalue weighted by Gasteiger charge is 2.28. The highest BCUT2D eigenvalue weighted by atomic mass is 32.2. The largest absolute Gasteiger partial charge is 0.307 e. The lowest BCUT2D eigenvalue weighted by Gasteiger charge is -2.32. The van der Waals surface area contributed by atoms with Crippen molar-refractivity contribution < 1.29 is 0 Å². The summed E-state index contributed by atoms with van der Waals surface area (Å²) in [6.07, 6.45) is 3.99. The van der Waals surface area contributed by atoms with Gasteiger partial charge in [-0.3, -0.25) is 0 Å². The van der Waals surface area contributed by atoms with E-state index in [0.29, 0.717) is 6.04 Å². The molecule has 2 atom stereocenters. The Hall–Kier alpha value is 0.360. The van der Waals surface area contributed by atoms with Gasteiger partial charge in [-0.15, -0.1) is 23.1 Å². The molecule has 1 unspecified atom stereocenters. The monoisotopic (exact) mass is 285 g/mol. The number of thioether (sulfide) groups is 2. The van der Waals surface area contributed by atoms with E-state index in [4.69, 9.17) is 0 Å². The van der Waals surface area contributed by atoms with E-state index >= 15 is 0 Å². The van der Waals surface area contributed by atoms with Crippen LogP contribution in [0.1, 0.15) is 37.8 Å². The van der Waals surface area contributed by atoms with Gasteiger partial charge in [-0.25, -0.2) is 0 Å². The number of hydrogen-bond donors (Lipinski definition) is 1. The number of thiophene rings is 1. The van der Waals surface area contributed by atoms with Gasteiger partial charge in [0.05, 0.1) is 4.21 Å². The second-order valence-corrected chi connectivity index (χ2v) is 8.78. The Morgan fingerprint density at radius 1 is 1.29 bits per heavy atom. The molecular formula is C13H19NS3. The first-order valence-corrected chi connectivity index (χ1v) is 9.32. The highest BCUT2D eigenvalue weighted by molar-refractivity contribution is 8.01. The molecule has 0 saturated carbocycles. The van der Waals surface area contributed by atoms with Crippen LogP contribution in [0, 0.1) is 0 Å². The predicted octanol–water partition coefficient (Wildman–Crippen LogP) is 4.16. The molecule has 3 heterocycles. The summed E-state index contributed by atoms with van der Waals surface area (Å²) in [6, 6.07) is 3.69. The van der Waals surface area contributed by atoms with Crippen LogP contribution in [0.4, 0.5) is 0 Å². The molecule has 0 spiro atoms. The maximum atomic E-state index is 3.91. The quantitative estimate of drug-likeness (QED) is 0.876. The van der Waals surface area contributed by atoms with E-state index in [1.54, 1.807) is 9.77 Å². The van der Waals surface area contributed by atoms with Crippen molar-refractivity contribution in [2.45, 2.75) is 47.7 Å². The van der Waals surface area contributed by atoms with Crippen molar-refractivity contribution in [2.75, 3.05) is 11.5 Å². The summed E-state index contributed by atoms with van der Waals surface area (Å²) in [4.78, 5) is 0. The maximum absolute atomic E-state index is 3.91. The average Bonchev–Trinajstić information content (AvgIpc) is 2.78. The molecule has 1 fully saturated rings. The van der Waals surface area contributed by atoms with Crippen molar-refractivity contribution in [3.05, 3.63) is 17.0 Å². The summed E-state index contributed by atoms with van der Waals surface area (Å²) < 4.78 is 1.55. The molecule has 1 nitrogen and oxygen atoms in total. The van der Waals surface area contributed by atoms with Crippen molar-refractivity contribution in [3.8, 4) is 0 Å². The van der Waals surface area contributed by atoms with E-state index < -0.39 is 0 Å². The van der Waals surface area contributed by atoms with Gasteiger partial charge < -0.3 is 5.32 Å². The van der Waals surface area contributed by atoms with E-state index in [9.17, 15) is 0 Å². The van der Waals surface area contributed by atoms with Gasteiger partial charge in [-0.1, -0.05) is 6.92 Å². The SMILES string of the molecule is C[C@H]1CC(NC2CCSCC2)c2ccsc2S1. The number of rotatable bonds is 2. The van der Waals surface area contributed by atoms with Crippen LogP contribution in [0.2, 0.25) is 0 Å². The summed E-state index contributed by atoms with van der Waals surface area (Å²) in [7, 11) is 0. The highest BCUT2D eigenvalue weighted by Crippen LogP contribution is 2.44. The third kappa shape index (κ3) is 2.86. The van der Waals surface area contributed by atoms with E-state index in [-0.39, 0.29) is 0 Å². The maximum Gasteiger partial charge on any atom is 0.0649 e. The fourth-order valence-corrected chi connectivity index (χ4v) is 6.33. The number of nitrogens with one attached hydrogen (secondary N) is 1. The Morgan fingerprint density at radius 2 is 2.12 bits per heavy atom. The molecule has 0 bridgehead atoms. The summed E-state index contributed by atoms with van der Waals surface area (Å²) in [5, 5.41) is 6.92. The second kappa shape index (κ2) is 5.55. The van der Waals surface area contributed by atoms with Gasteiger partial charge in [0, 0.05) is 17.3 Å². The van der Waals surface area contributed by atoms with Gasteiger partial charge in [0.1, 0.15) is 0 Å².